The minimum absolute atomic E-state index is 0.847. The molecule has 0 aliphatic heterocycles. The lowest BCUT2D eigenvalue weighted by molar-refractivity contribution is 0.464. The first kappa shape index (κ1) is 10.6. The van der Waals surface area contributed by atoms with Gasteiger partial charge in [0, 0.05) is 0 Å². The van der Waals surface area contributed by atoms with Gasteiger partial charge in [-0.05, 0) is 37.8 Å². The topological polar surface area (TPSA) is 0 Å². The van der Waals surface area contributed by atoms with Gasteiger partial charge in [0.15, 0.2) is 0 Å². The Labute approximate surface area is 85.4 Å². The molecule has 0 amide bonds. The average Bonchev–Trinajstić information content (AvgIpc) is 2.02. The molecule has 0 N–H and O–H groups in total. The first-order valence-electron chi connectivity index (χ1n) is 4.61. The maximum absolute atomic E-state index is 6.04. The molecular formula is C9H16Cl2Si. The van der Waals surface area contributed by atoms with E-state index in [0.717, 1.165) is 12.0 Å². The number of rotatable bonds is 3. The van der Waals surface area contributed by atoms with Gasteiger partial charge < -0.3 is 0 Å². The summed E-state index contributed by atoms with van der Waals surface area (Å²) in [4.78, 5) is 0. The Morgan fingerprint density at radius 2 is 2.17 bits per heavy atom. The third-order valence-corrected chi connectivity index (χ3v) is 4.67. The second kappa shape index (κ2) is 4.68. The summed E-state index contributed by atoms with van der Waals surface area (Å²) < 4.78 is 0. The Hall–Kier alpha value is 0.537. The lowest BCUT2D eigenvalue weighted by Crippen LogP contribution is -2.15. The molecule has 0 unspecified atom stereocenters. The van der Waals surface area contributed by atoms with Crippen molar-refractivity contribution in [2.45, 2.75) is 38.3 Å². The Bertz CT molecular complexity index is 160. The van der Waals surface area contributed by atoms with Crippen LogP contribution in [0.5, 0.6) is 0 Å². The van der Waals surface area contributed by atoms with Crippen LogP contribution in [0.4, 0.5) is 0 Å². The summed E-state index contributed by atoms with van der Waals surface area (Å²) in [6.45, 7) is 0.188. The zero-order chi connectivity index (χ0) is 9.03. The van der Waals surface area contributed by atoms with Gasteiger partial charge in [0.25, 0.3) is 0 Å². The molecule has 0 spiro atoms. The fourth-order valence-electron chi connectivity index (χ4n) is 1.58. The second-order valence-electron chi connectivity index (χ2n) is 3.76. The average molecular weight is 223 g/mol. The zero-order valence-electron chi connectivity index (χ0n) is 7.52. The van der Waals surface area contributed by atoms with Crippen LogP contribution >= 0.6 is 22.2 Å². The van der Waals surface area contributed by atoms with Crippen molar-refractivity contribution in [1.82, 2.24) is 0 Å². The van der Waals surface area contributed by atoms with E-state index >= 15 is 0 Å². The third kappa shape index (κ3) is 4.54. The van der Waals surface area contributed by atoms with E-state index in [1.54, 1.807) is 0 Å². The molecule has 1 atom stereocenters. The van der Waals surface area contributed by atoms with E-state index in [-0.39, 0.29) is 0 Å². The summed E-state index contributed by atoms with van der Waals surface area (Å²) in [5, 5.41) is 0. The molecule has 1 rings (SSSR count). The zero-order valence-corrected chi connectivity index (χ0v) is 10.0. The Morgan fingerprint density at radius 3 is 2.67 bits per heavy atom. The van der Waals surface area contributed by atoms with Crippen molar-refractivity contribution in [2.24, 2.45) is 5.92 Å². The van der Waals surface area contributed by atoms with E-state index in [2.05, 4.69) is 12.2 Å². The van der Waals surface area contributed by atoms with Crippen molar-refractivity contribution in [3.63, 3.8) is 0 Å². The number of hydrogen-bond acceptors (Lipinski definition) is 0. The fourth-order valence-corrected chi connectivity index (χ4v) is 3.15. The maximum Gasteiger partial charge on any atom is 0.248 e. The predicted molar refractivity (Wildman–Crippen MR) is 59.2 cm³/mol. The van der Waals surface area contributed by atoms with E-state index in [0.29, 0.717) is 0 Å². The molecule has 0 radical (unpaired) electrons. The van der Waals surface area contributed by atoms with E-state index in [1.807, 2.05) is 6.55 Å². The molecule has 0 fully saturated rings. The highest BCUT2D eigenvalue weighted by atomic mass is 35.7. The third-order valence-electron chi connectivity index (χ3n) is 2.37. The lowest BCUT2D eigenvalue weighted by Gasteiger charge is -2.19. The van der Waals surface area contributed by atoms with E-state index in [4.69, 9.17) is 22.2 Å². The lowest BCUT2D eigenvalue weighted by atomic mass is 9.92. The van der Waals surface area contributed by atoms with Crippen molar-refractivity contribution < 1.29 is 0 Å². The first-order valence-corrected chi connectivity index (χ1v) is 9.34. The molecular weight excluding hydrogens is 207 g/mol. The summed E-state index contributed by atoms with van der Waals surface area (Å²) >= 11 is 12.1. The van der Waals surface area contributed by atoms with Gasteiger partial charge in [-0.15, -0.1) is 22.2 Å². The molecule has 0 saturated carbocycles. The molecule has 0 nitrogen and oxygen atoms in total. The van der Waals surface area contributed by atoms with Crippen molar-refractivity contribution in [3.8, 4) is 0 Å². The van der Waals surface area contributed by atoms with Gasteiger partial charge in [-0.3, -0.25) is 0 Å². The van der Waals surface area contributed by atoms with Crippen molar-refractivity contribution in [1.29, 1.82) is 0 Å². The van der Waals surface area contributed by atoms with Crippen LogP contribution in [0.3, 0.4) is 0 Å². The molecule has 0 bridgehead atoms. The molecule has 12 heavy (non-hydrogen) atoms. The van der Waals surface area contributed by atoms with Crippen LogP contribution < -0.4 is 0 Å². The molecule has 0 aromatic rings. The highest BCUT2D eigenvalue weighted by Gasteiger charge is 2.22. The molecule has 1 aliphatic rings. The van der Waals surface area contributed by atoms with Crippen LogP contribution in [0.25, 0.3) is 0 Å². The van der Waals surface area contributed by atoms with Gasteiger partial charge >= 0.3 is 0 Å². The van der Waals surface area contributed by atoms with E-state index in [1.165, 1.54) is 25.7 Å². The van der Waals surface area contributed by atoms with Crippen LogP contribution in [0.2, 0.25) is 12.6 Å². The maximum atomic E-state index is 6.04. The van der Waals surface area contributed by atoms with Crippen molar-refractivity contribution in [3.05, 3.63) is 12.2 Å². The minimum Gasteiger partial charge on any atom is -0.146 e. The summed E-state index contributed by atoms with van der Waals surface area (Å²) in [6, 6.07) is 1.05. The summed E-state index contributed by atoms with van der Waals surface area (Å²) in [7, 11) is 0. The van der Waals surface area contributed by atoms with Crippen LogP contribution in [-0.2, 0) is 0 Å². The van der Waals surface area contributed by atoms with Gasteiger partial charge in [-0.1, -0.05) is 18.6 Å². The highest BCUT2D eigenvalue weighted by Crippen LogP contribution is 2.29. The first-order chi connectivity index (χ1) is 5.58. The smallest absolute Gasteiger partial charge is 0.146 e. The molecule has 0 aromatic heterocycles. The number of halogens is 2. The molecule has 0 saturated heterocycles. The van der Waals surface area contributed by atoms with Gasteiger partial charge in [0.05, 0.1) is 0 Å². The van der Waals surface area contributed by atoms with Crippen molar-refractivity contribution in [2.75, 3.05) is 0 Å². The number of allylic oxidation sites excluding steroid dienone is 2. The quantitative estimate of drug-likeness (QED) is 0.380. The molecule has 0 heterocycles. The monoisotopic (exact) mass is 222 g/mol. The van der Waals surface area contributed by atoms with Crippen LogP contribution in [0.1, 0.15) is 25.7 Å². The Balaban J connectivity index is 2.19. The second-order valence-corrected chi connectivity index (χ2v) is 12.0. The fraction of sp³-hybridized carbons (Fsp3) is 0.778. The van der Waals surface area contributed by atoms with Gasteiger partial charge in [0.1, 0.15) is 0 Å². The summed E-state index contributed by atoms with van der Waals surface area (Å²) in [5.41, 5.74) is 0. The van der Waals surface area contributed by atoms with E-state index in [9.17, 15) is 0 Å². The van der Waals surface area contributed by atoms with Crippen LogP contribution in [-0.4, -0.2) is 6.69 Å². The summed E-state index contributed by atoms with van der Waals surface area (Å²) in [6.07, 6.45) is 9.59. The SMILES string of the molecule is C[Si](Cl)(Cl)CC[C@H]1CC=CCC1. The Morgan fingerprint density at radius 1 is 1.42 bits per heavy atom. The minimum atomic E-state index is -1.82. The largest absolute Gasteiger partial charge is 0.248 e. The van der Waals surface area contributed by atoms with Crippen LogP contribution in [0.15, 0.2) is 12.2 Å². The summed E-state index contributed by atoms with van der Waals surface area (Å²) in [5.74, 6) is 0.847. The molecule has 70 valence electrons. The van der Waals surface area contributed by atoms with Gasteiger partial charge in [0.2, 0.25) is 6.69 Å². The van der Waals surface area contributed by atoms with Gasteiger partial charge in [-0.25, -0.2) is 0 Å². The van der Waals surface area contributed by atoms with E-state index < -0.39 is 6.69 Å². The molecule has 1 aliphatic carbocycles. The molecule has 3 heteroatoms. The van der Waals surface area contributed by atoms with Crippen molar-refractivity contribution >= 4 is 28.9 Å². The Kier molecular flexibility index (Phi) is 4.14. The normalized spacial score (nSPS) is 24.4. The predicted octanol–water partition coefficient (Wildman–Crippen LogP) is 4.28. The van der Waals surface area contributed by atoms with Crippen LogP contribution in [0, 0.1) is 5.92 Å². The highest BCUT2D eigenvalue weighted by molar-refractivity contribution is 7.44. The standard InChI is InChI=1S/C9H16Cl2Si/c1-12(10,11)8-7-9-5-3-2-4-6-9/h2-3,9H,4-8H2,1H3/t9-/m0/s1. The van der Waals surface area contributed by atoms with Gasteiger partial charge in [-0.2, -0.15) is 0 Å². The number of hydrogen-bond donors (Lipinski definition) is 0. The molecule has 0 aromatic carbocycles.